The maximum absolute atomic E-state index is 6.04. The zero-order valence-corrected chi connectivity index (χ0v) is 10.2. The van der Waals surface area contributed by atoms with Gasteiger partial charge in [0.15, 0.2) is 0 Å². The minimum absolute atomic E-state index is 0. The molecule has 0 amide bonds. The van der Waals surface area contributed by atoms with Crippen molar-refractivity contribution in [3.63, 3.8) is 0 Å². The molecule has 1 aliphatic rings. The molecule has 2 rings (SSSR count). The predicted octanol–water partition coefficient (Wildman–Crippen LogP) is 2.88. The van der Waals surface area contributed by atoms with E-state index in [2.05, 4.69) is 23.6 Å². The van der Waals surface area contributed by atoms with E-state index in [4.69, 9.17) is 11.6 Å². The molecule has 1 aromatic carbocycles. The summed E-state index contributed by atoms with van der Waals surface area (Å²) in [7, 11) is 0. The van der Waals surface area contributed by atoms with Gasteiger partial charge in [-0.2, -0.15) is 12.6 Å². The summed E-state index contributed by atoms with van der Waals surface area (Å²) in [5, 5.41) is 1.42. The number of likely N-dealkylation sites (tertiary alicyclic amines) is 1. The highest BCUT2D eigenvalue weighted by Crippen LogP contribution is 2.21. The highest BCUT2D eigenvalue weighted by molar-refractivity contribution is 7.81. The smallest absolute Gasteiger partial charge is 0.0451 e. The monoisotopic (exact) mass is 249 g/mol. The fourth-order valence-electron chi connectivity index (χ4n) is 1.54. The topological polar surface area (TPSA) is 3.24 Å². The standard InChI is InChI=1S/C10H12ClNS.ClH/c11-10-4-2-1-3-8(10)5-12-6-9(13)7-12;/h1-4,9,13H,5-7H2;1H. The van der Waals surface area contributed by atoms with Gasteiger partial charge in [0.05, 0.1) is 0 Å². The van der Waals surface area contributed by atoms with Crippen LogP contribution in [0.25, 0.3) is 0 Å². The number of rotatable bonds is 2. The Kier molecular flexibility index (Phi) is 4.58. The van der Waals surface area contributed by atoms with Crippen LogP contribution < -0.4 is 0 Å². The van der Waals surface area contributed by atoms with Crippen molar-refractivity contribution in [3.8, 4) is 0 Å². The normalized spacial score (nSPS) is 17.3. The van der Waals surface area contributed by atoms with Gasteiger partial charge in [0.2, 0.25) is 0 Å². The van der Waals surface area contributed by atoms with E-state index in [9.17, 15) is 0 Å². The summed E-state index contributed by atoms with van der Waals surface area (Å²) in [6.07, 6.45) is 0. The number of hydrogen-bond donors (Lipinski definition) is 1. The van der Waals surface area contributed by atoms with Crippen molar-refractivity contribution in [1.29, 1.82) is 0 Å². The molecule has 1 saturated heterocycles. The third-order valence-electron chi connectivity index (χ3n) is 2.29. The summed E-state index contributed by atoms with van der Waals surface area (Å²) in [6.45, 7) is 3.11. The second-order valence-corrected chi connectivity index (χ2v) is 4.58. The lowest BCUT2D eigenvalue weighted by Gasteiger charge is -2.36. The van der Waals surface area contributed by atoms with Crippen LogP contribution in [0, 0.1) is 0 Å². The summed E-state index contributed by atoms with van der Waals surface area (Å²) in [5.41, 5.74) is 1.21. The van der Waals surface area contributed by atoms with Gasteiger partial charge in [-0.25, -0.2) is 0 Å². The molecule has 78 valence electrons. The molecule has 1 aliphatic heterocycles. The summed E-state index contributed by atoms with van der Waals surface area (Å²) in [4.78, 5) is 2.35. The summed E-state index contributed by atoms with van der Waals surface area (Å²) in [5.74, 6) is 0. The van der Waals surface area contributed by atoms with E-state index in [-0.39, 0.29) is 12.4 Å². The molecule has 14 heavy (non-hydrogen) atoms. The lowest BCUT2D eigenvalue weighted by Crippen LogP contribution is -2.46. The van der Waals surface area contributed by atoms with Gasteiger partial charge in [0.25, 0.3) is 0 Å². The van der Waals surface area contributed by atoms with E-state index in [1.165, 1.54) is 5.56 Å². The van der Waals surface area contributed by atoms with Crippen LogP contribution in [-0.4, -0.2) is 23.2 Å². The van der Waals surface area contributed by atoms with Crippen molar-refractivity contribution in [2.75, 3.05) is 13.1 Å². The number of benzene rings is 1. The van der Waals surface area contributed by atoms with Crippen molar-refractivity contribution in [3.05, 3.63) is 34.9 Å². The predicted molar refractivity (Wildman–Crippen MR) is 66.8 cm³/mol. The molecule has 0 saturated carbocycles. The number of thiol groups is 1. The van der Waals surface area contributed by atoms with Crippen LogP contribution in [0.2, 0.25) is 5.02 Å². The highest BCUT2D eigenvalue weighted by atomic mass is 35.5. The average molecular weight is 250 g/mol. The summed E-state index contributed by atoms with van der Waals surface area (Å²) < 4.78 is 0. The van der Waals surface area contributed by atoms with Crippen LogP contribution in [0.1, 0.15) is 5.56 Å². The van der Waals surface area contributed by atoms with Crippen molar-refractivity contribution >= 4 is 36.6 Å². The van der Waals surface area contributed by atoms with Crippen LogP contribution in [-0.2, 0) is 6.54 Å². The molecule has 1 aromatic rings. The van der Waals surface area contributed by atoms with Crippen molar-refractivity contribution in [2.24, 2.45) is 0 Å². The Labute approximate surface area is 101 Å². The van der Waals surface area contributed by atoms with E-state index in [1.807, 2.05) is 18.2 Å². The first-order valence-electron chi connectivity index (χ1n) is 4.39. The minimum atomic E-state index is 0. The Bertz CT molecular complexity index is 300. The molecule has 1 fully saturated rings. The molecule has 1 heterocycles. The molecule has 0 atom stereocenters. The second kappa shape index (κ2) is 5.26. The minimum Gasteiger partial charge on any atom is -0.297 e. The summed E-state index contributed by atoms with van der Waals surface area (Å²) >= 11 is 10.4. The SMILES string of the molecule is Cl.SC1CN(Cc2ccccc2Cl)C1. The van der Waals surface area contributed by atoms with Gasteiger partial charge in [-0.3, -0.25) is 4.90 Å². The molecule has 1 nitrogen and oxygen atoms in total. The highest BCUT2D eigenvalue weighted by Gasteiger charge is 2.23. The molecule has 0 unspecified atom stereocenters. The Morgan fingerprint density at radius 2 is 2.00 bits per heavy atom. The first-order valence-corrected chi connectivity index (χ1v) is 5.29. The molecular formula is C10H13Cl2NS. The lowest BCUT2D eigenvalue weighted by atomic mass is 10.1. The third-order valence-corrected chi connectivity index (χ3v) is 2.99. The Balaban J connectivity index is 0.000000980. The fraction of sp³-hybridized carbons (Fsp3) is 0.400. The quantitative estimate of drug-likeness (QED) is 0.790. The van der Waals surface area contributed by atoms with Gasteiger partial charge < -0.3 is 0 Å². The first-order chi connectivity index (χ1) is 6.25. The zero-order chi connectivity index (χ0) is 9.26. The molecule has 0 aliphatic carbocycles. The molecular weight excluding hydrogens is 237 g/mol. The lowest BCUT2D eigenvalue weighted by molar-refractivity contribution is 0.182. The molecule has 0 radical (unpaired) electrons. The van der Waals surface area contributed by atoms with Gasteiger partial charge in [-0.15, -0.1) is 12.4 Å². The van der Waals surface area contributed by atoms with Crippen molar-refractivity contribution in [1.82, 2.24) is 4.90 Å². The Morgan fingerprint density at radius 1 is 1.36 bits per heavy atom. The summed E-state index contributed by atoms with van der Waals surface area (Å²) in [6, 6.07) is 8.01. The third kappa shape index (κ3) is 2.80. The molecule has 0 N–H and O–H groups in total. The van der Waals surface area contributed by atoms with Gasteiger partial charge in [-0.1, -0.05) is 29.8 Å². The fourth-order valence-corrected chi connectivity index (χ4v) is 2.20. The van der Waals surface area contributed by atoms with Crippen LogP contribution in [0.5, 0.6) is 0 Å². The van der Waals surface area contributed by atoms with E-state index in [0.717, 1.165) is 24.7 Å². The van der Waals surface area contributed by atoms with Gasteiger partial charge in [-0.05, 0) is 11.6 Å². The molecule has 0 spiro atoms. The van der Waals surface area contributed by atoms with Crippen LogP contribution in [0.4, 0.5) is 0 Å². The van der Waals surface area contributed by atoms with Crippen molar-refractivity contribution < 1.29 is 0 Å². The zero-order valence-electron chi connectivity index (χ0n) is 7.69. The molecule has 0 bridgehead atoms. The van der Waals surface area contributed by atoms with Crippen LogP contribution >= 0.6 is 36.6 Å². The maximum atomic E-state index is 6.04. The van der Waals surface area contributed by atoms with Crippen LogP contribution in [0.15, 0.2) is 24.3 Å². The maximum Gasteiger partial charge on any atom is 0.0451 e. The van der Waals surface area contributed by atoms with Gasteiger partial charge >= 0.3 is 0 Å². The first kappa shape index (κ1) is 12.2. The number of nitrogens with zero attached hydrogens (tertiary/aromatic N) is 1. The van der Waals surface area contributed by atoms with Crippen molar-refractivity contribution in [2.45, 2.75) is 11.8 Å². The van der Waals surface area contributed by atoms with E-state index in [0.29, 0.717) is 5.25 Å². The van der Waals surface area contributed by atoms with E-state index < -0.39 is 0 Å². The number of hydrogen-bond acceptors (Lipinski definition) is 2. The van der Waals surface area contributed by atoms with Gasteiger partial charge in [0.1, 0.15) is 0 Å². The largest absolute Gasteiger partial charge is 0.297 e. The van der Waals surface area contributed by atoms with E-state index in [1.54, 1.807) is 0 Å². The Hall–Kier alpha value is 0.110. The number of halogens is 2. The van der Waals surface area contributed by atoms with E-state index >= 15 is 0 Å². The van der Waals surface area contributed by atoms with Crippen LogP contribution in [0.3, 0.4) is 0 Å². The Morgan fingerprint density at radius 3 is 2.57 bits per heavy atom. The second-order valence-electron chi connectivity index (χ2n) is 3.44. The van der Waals surface area contributed by atoms with Gasteiger partial charge in [0, 0.05) is 29.9 Å². The molecule has 4 heteroatoms. The average Bonchev–Trinajstić information content (AvgIpc) is 2.06. The molecule has 0 aromatic heterocycles.